The first-order chi connectivity index (χ1) is 11.7. The molecule has 1 fully saturated rings. The number of rotatable bonds is 3. The van der Waals surface area contributed by atoms with E-state index in [1.54, 1.807) is 6.20 Å². The first kappa shape index (κ1) is 15.6. The minimum Gasteiger partial charge on any atom is -0.454 e. The Kier molecular flexibility index (Phi) is 4.24. The molecule has 126 valence electrons. The molecule has 1 atom stereocenters. The number of aromatic nitrogens is 1. The van der Waals surface area contributed by atoms with E-state index in [-0.39, 0.29) is 0 Å². The van der Waals surface area contributed by atoms with Gasteiger partial charge in [0.2, 0.25) is 6.79 Å². The summed E-state index contributed by atoms with van der Waals surface area (Å²) in [4.78, 5) is 10.2. The lowest BCUT2D eigenvalue weighted by atomic mass is 10.1. The summed E-state index contributed by atoms with van der Waals surface area (Å²) in [5.74, 6) is 2.73. The van der Waals surface area contributed by atoms with Crippen LogP contribution in [0.25, 0.3) is 0 Å². The average Bonchev–Trinajstić information content (AvgIpc) is 3.09. The predicted molar refractivity (Wildman–Crippen MR) is 96.3 cm³/mol. The van der Waals surface area contributed by atoms with Crippen molar-refractivity contribution in [3.05, 3.63) is 42.1 Å². The first-order valence-electron chi connectivity index (χ1n) is 8.24. The molecule has 0 saturated carbocycles. The molecule has 2 aromatic rings. The third-order valence-electron chi connectivity index (χ3n) is 4.80. The summed E-state index contributed by atoms with van der Waals surface area (Å²) in [6.45, 7) is 6.56. The monoisotopic (exact) mass is 343 g/mol. The van der Waals surface area contributed by atoms with Crippen LogP contribution in [0.4, 0.5) is 5.82 Å². The minimum atomic E-state index is 0.323. The zero-order valence-electron chi connectivity index (χ0n) is 13.7. The van der Waals surface area contributed by atoms with E-state index in [0.717, 1.165) is 48.4 Å². The lowest BCUT2D eigenvalue weighted by Crippen LogP contribution is -2.47. The molecule has 4 rings (SSSR count). The number of thiol groups is 1. The number of fused-ring (bicyclic) bond motifs is 1. The van der Waals surface area contributed by atoms with Crippen molar-refractivity contribution < 1.29 is 9.47 Å². The van der Waals surface area contributed by atoms with Crippen molar-refractivity contribution >= 4 is 18.4 Å². The smallest absolute Gasteiger partial charge is 0.231 e. The molecule has 2 aliphatic rings. The van der Waals surface area contributed by atoms with E-state index in [9.17, 15) is 0 Å². The van der Waals surface area contributed by atoms with Crippen LogP contribution in [0, 0.1) is 0 Å². The summed E-state index contributed by atoms with van der Waals surface area (Å²) in [5, 5.41) is 0. The van der Waals surface area contributed by atoms with Gasteiger partial charge in [0.25, 0.3) is 0 Å². The standard InChI is InChI=1S/C18H21N3O2S/c1-13(14-2-4-16-17(10-14)23-12-22-16)20-6-8-21(9-7-20)18-5-3-15(24)11-19-18/h2-5,10-11,13,24H,6-9,12H2,1H3/t13-/m0/s1. The molecular formula is C18H21N3O2S. The van der Waals surface area contributed by atoms with Crippen LogP contribution < -0.4 is 14.4 Å². The zero-order valence-corrected chi connectivity index (χ0v) is 14.6. The summed E-state index contributed by atoms with van der Waals surface area (Å²) >= 11 is 4.30. The normalized spacial score (nSPS) is 18.7. The maximum Gasteiger partial charge on any atom is 0.231 e. The lowest BCUT2D eigenvalue weighted by Gasteiger charge is -2.38. The van der Waals surface area contributed by atoms with Crippen LogP contribution in [0.3, 0.4) is 0 Å². The Labute approximate surface area is 147 Å². The topological polar surface area (TPSA) is 37.8 Å². The number of hydrogen-bond acceptors (Lipinski definition) is 6. The van der Waals surface area contributed by atoms with E-state index >= 15 is 0 Å². The molecule has 0 unspecified atom stereocenters. The quantitative estimate of drug-likeness (QED) is 0.868. The van der Waals surface area contributed by atoms with Gasteiger partial charge in [-0.05, 0) is 36.8 Å². The third-order valence-corrected chi connectivity index (χ3v) is 5.06. The maximum absolute atomic E-state index is 5.50. The highest BCUT2D eigenvalue weighted by Gasteiger charge is 2.24. The Balaban J connectivity index is 1.41. The second-order valence-electron chi connectivity index (χ2n) is 6.19. The lowest BCUT2D eigenvalue weighted by molar-refractivity contribution is 0.173. The zero-order chi connectivity index (χ0) is 16.5. The van der Waals surface area contributed by atoms with Crippen LogP contribution >= 0.6 is 12.6 Å². The van der Waals surface area contributed by atoms with Crippen molar-refractivity contribution in [3.63, 3.8) is 0 Å². The molecule has 0 spiro atoms. The van der Waals surface area contributed by atoms with E-state index in [1.807, 2.05) is 18.2 Å². The Morgan fingerprint density at radius 3 is 2.58 bits per heavy atom. The van der Waals surface area contributed by atoms with Crippen LogP contribution in [-0.2, 0) is 0 Å². The van der Waals surface area contributed by atoms with E-state index in [2.05, 4.69) is 46.5 Å². The second-order valence-corrected chi connectivity index (χ2v) is 6.70. The van der Waals surface area contributed by atoms with Crippen LogP contribution in [0.1, 0.15) is 18.5 Å². The van der Waals surface area contributed by atoms with Crippen molar-refractivity contribution in [1.29, 1.82) is 0 Å². The number of ether oxygens (including phenoxy) is 2. The molecule has 1 aromatic heterocycles. The Bertz CT molecular complexity index is 715. The molecule has 5 nitrogen and oxygen atoms in total. The van der Waals surface area contributed by atoms with Crippen molar-refractivity contribution in [2.75, 3.05) is 37.9 Å². The fourth-order valence-electron chi connectivity index (χ4n) is 3.29. The third kappa shape index (κ3) is 3.03. The molecule has 0 bridgehead atoms. The van der Waals surface area contributed by atoms with E-state index < -0.39 is 0 Å². The van der Waals surface area contributed by atoms with Gasteiger partial charge in [-0.1, -0.05) is 6.07 Å². The molecule has 0 radical (unpaired) electrons. The molecule has 0 aliphatic carbocycles. The fraction of sp³-hybridized carbons (Fsp3) is 0.389. The van der Waals surface area contributed by atoms with Crippen LogP contribution in [0.15, 0.2) is 41.4 Å². The molecule has 6 heteroatoms. The number of pyridine rings is 1. The highest BCUT2D eigenvalue weighted by atomic mass is 32.1. The van der Waals surface area contributed by atoms with Crippen LogP contribution in [-0.4, -0.2) is 42.9 Å². The van der Waals surface area contributed by atoms with E-state index in [0.29, 0.717) is 12.8 Å². The molecule has 1 aromatic carbocycles. The van der Waals surface area contributed by atoms with Crippen molar-refractivity contribution in [1.82, 2.24) is 9.88 Å². The van der Waals surface area contributed by atoms with Gasteiger partial charge >= 0.3 is 0 Å². The highest BCUT2D eigenvalue weighted by Crippen LogP contribution is 2.35. The fourth-order valence-corrected chi connectivity index (χ4v) is 3.42. The molecule has 0 amide bonds. The number of benzene rings is 1. The number of hydrogen-bond donors (Lipinski definition) is 1. The van der Waals surface area contributed by atoms with Gasteiger partial charge in [-0.25, -0.2) is 4.98 Å². The van der Waals surface area contributed by atoms with Gasteiger partial charge in [-0.2, -0.15) is 0 Å². The van der Waals surface area contributed by atoms with Crippen molar-refractivity contribution in [3.8, 4) is 11.5 Å². The first-order valence-corrected chi connectivity index (χ1v) is 8.69. The van der Waals surface area contributed by atoms with Gasteiger partial charge in [0, 0.05) is 43.3 Å². The summed E-state index contributed by atoms with van der Waals surface area (Å²) < 4.78 is 10.9. The summed E-state index contributed by atoms with van der Waals surface area (Å²) in [6.07, 6.45) is 1.81. The average molecular weight is 343 g/mol. The highest BCUT2D eigenvalue weighted by molar-refractivity contribution is 7.80. The largest absolute Gasteiger partial charge is 0.454 e. The van der Waals surface area contributed by atoms with Gasteiger partial charge in [0.05, 0.1) is 0 Å². The molecule has 1 saturated heterocycles. The van der Waals surface area contributed by atoms with Gasteiger partial charge in [-0.15, -0.1) is 12.6 Å². The van der Waals surface area contributed by atoms with Crippen LogP contribution in [0.5, 0.6) is 11.5 Å². The Hall–Kier alpha value is -1.92. The molecule has 3 heterocycles. The maximum atomic E-state index is 5.50. The Morgan fingerprint density at radius 2 is 1.83 bits per heavy atom. The van der Waals surface area contributed by atoms with Gasteiger partial charge < -0.3 is 14.4 Å². The molecule has 24 heavy (non-hydrogen) atoms. The summed E-state index contributed by atoms with van der Waals surface area (Å²) in [6, 6.07) is 10.6. The number of piperazine rings is 1. The molecule has 2 aliphatic heterocycles. The SMILES string of the molecule is C[C@@H](c1ccc2c(c1)OCO2)N1CCN(c2ccc(S)cn2)CC1. The van der Waals surface area contributed by atoms with Gasteiger partial charge in [-0.3, -0.25) is 4.90 Å². The number of nitrogens with zero attached hydrogens (tertiary/aromatic N) is 3. The van der Waals surface area contributed by atoms with Crippen molar-refractivity contribution in [2.45, 2.75) is 17.9 Å². The predicted octanol–water partition coefficient (Wildman–Crippen LogP) is 2.98. The second kappa shape index (κ2) is 6.53. The van der Waals surface area contributed by atoms with Gasteiger partial charge in [0.1, 0.15) is 5.82 Å². The number of anilines is 1. The summed E-state index contributed by atoms with van der Waals surface area (Å²) in [7, 11) is 0. The van der Waals surface area contributed by atoms with E-state index in [4.69, 9.17) is 9.47 Å². The summed E-state index contributed by atoms with van der Waals surface area (Å²) in [5.41, 5.74) is 1.27. The molecule has 0 N–H and O–H groups in total. The van der Waals surface area contributed by atoms with Crippen molar-refractivity contribution in [2.24, 2.45) is 0 Å². The Morgan fingerprint density at radius 1 is 1.04 bits per heavy atom. The van der Waals surface area contributed by atoms with Crippen LogP contribution in [0.2, 0.25) is 0 Å². The van der Waals surface area contributed by atoms with E-state index in [1.165, 1.54) is 5.56 Å². The van der Waals surface area contributed by atoms with Gasteiger partial charge in [0.15, 0.2) is 11.5 Å². The minimum absolute atomic E-state index is 0.323. The molecular weight excluding hydrogens is 322 g/mol.